The van der Waals surface area contributed by atoms with E-state index in [0.717, 1.165) is 21.5 Å². The first-order chi connectivity index (χ1) is 9.63. The average Bonchev–Trinajstić information content (AvgIpc) is 2.48. The summed E-state index contributed by atoms with van der Waals surface area (Å²) in [6.07, 6.45) is 0. The van der Waals surface area contributed by atoms with E-state index in [1.54, 1.807) is 13.2 Å². The summed E-state index contributed by atoms with van der Waals surface area (Å²) in [5.41, 5.74) is 1.74. The number of rotatable bonds is 5. The van der Waals surface area contributed by atoms with Gasteiger partial charge in [0.1, 0.15) is 5.75 Å². The van der Waals surface area contributed by atoms with Crippen LogP contribution in [0.15, 0.2) is 46.9 Å². The summed E-state index contributed by atoms with van der Waals surface area (Å²) in [6.45, 7) is -0.0534. The predicted octanol–water partition coefficient (Wildman–Crippen LogP) is 4.26. The highest BCUT2D eigenvalue weighted by Gasteiger charge is 2.14. The molecule has 0 saturated heterocycles. The van der Waals surface area contributed by atoms with E-state index in [1.165, 1.54) is 0 Å². The molecule has 2 N–H and O–H groups in total. The molecule has 3 nitrogen and oxygen atoms in total. The molecule has 0 bridgehead atoms. The molecule has 0 aliphatic carbocycles. The molecule has 1 unspecified atom stereocenters. The van der Waals surface area contributed by atoms with Crippen LogP contribution in [0.25, 0.3) is 0 Å². The van der Waals surface area contributed by atoms with Crippen LogP contribution < -0.4 is 10.1 Å². The number of hydrogen-bond donors (Lipinski definition) is 2. The van der Waals surface area contributed by atoms with Crippen molar-refractivity contribution in [1.29, 1.82) is 0 Å². The van der Waals surface area contributed by atoms with E-state index in [9.17, 15) is 5.11 Å². The molecule has 0 heterocycles. The van der Waals surface area contributed by atoms with Gasteiger partial charge in [-0.1, -0.05) is 27.5 Å². The number of benzene rings is 2. The Morgan fingerprint density at radius 2 is 1.95 bits per heavy atom. The van der Waals surface area contributed by atoms with Crippen LogP contribution in [0.2, 0.25) is 5.02 Å². The smallest absolute Gasteiger partial charge is 0.119 e. The van der Waals surface area contributed by atoms with E-state index in [4.69, 9.17) is 16.3 Å². The number of halogens is 2. The minimum absolute atomic E-state index is 0.0534. The van der Waals surface area contributed by atoms with E-state index in [-0.39, 0.29) is 12.6 Å². The SMILES string of the molecule is COc1ccc(NC(CO)c2cc(Br)ccc2Cl)cc1. The van der Waals surface area contributed by atoms with Gasteiger partial charge in [-0.15, -0.1) is 0 Å². The number of hydrogen-bond acceptors (Lipinski definition) is 3. The summed E-state index contributed by atoms with van der Waals surface area (Å²) in [4.78, 5) is 0. The molecular weight excluding hydrogens is 342 g/mol. The normalized spacial score (nSPS) is 12.0. The van der Waals surface area contributed by atoms with E-state index < -0.39 is 0 Å². The van der Waals surface area contributed by atoms with Crippen molar-refractivity contribution in [1.82, 2.24) is 0 Å². The van der Waals surface area contributed by atoms with E-state index in [0.29, 0.717) is 5.02 Å². The molecule has 2 aromatic rings. The van der Waals surface area contributed by atoms with Crippen LogP contribution in [0.1, 0.15) is 11.6 Å². The van der Waals surface area contributed by atoms with Gasteiger partial charge in [0.15, 0.2) is 0 Å². The Morgan fingerprint density at radius 1 is 1.25 bits per heavy atom. The van der Waals surface area contributed by atoms with Gasteiger partial charge in [-0.25, -0.2) is 0 Å². The zero-order valence-electron chi connectivity index (χ0n) is 10.9. The Kier molecular flexibility index (Phi) is 5.29. The minimum Gasteiger partial charge on any atom is -0.497 e. The summed E-state index contributed by atoms with van der Waals surface area (Å²) in [5.74, 6) is 0.789. The zero-order chi connectivity index (χ0) is 14.5. The quantitative estimate of drug-likeness (QED) is 0.841. The van der Waals surface area contributed by atoms with Crippen molar-refractivity contribution in [2.24, 2.45) is 0 Å². The van der Waals surface area contributed by atoms with Crippen molar-refractivity contribution in [2.45, 2.75) is 6.04 Å². The van der Waals surface area contributed by atoms with Crippen LogP contribution in [0, 0.1) is 0 Å². The third-order valence-corrected chi connectivity index (χ3v) is 3.78. The molecule has 0 spiro atoms. The lowest BCUT2D eigenvalue weighted by Gasteiger charge is -2.19. The van der Waals surface area contributed by atoms with Crippen LogP contribution in [0.3, 0.4) is 0 Å². The number of anilines is 1. The van der Waals surface area contributed by atoms with Gasteiger partial charge in [0.05, 0.1) is 19.8 Å². The monoisotopic (exact) mass is 355 g/mol. The second kappa shape index (κ2) is 6.97. The lowest BCUT2D eigenvalue weighted by Crippen LogP contribution is -2.15. The molecular formula is C15H15BrClNO2. The van der Waals surface area contributed by atoms with E-state index >= 15 is 0 Å². The molecule has 0 saturated carbocycles. The third-order valence-electron chi connectivity index (χ3n) is 2.95. The number of nitrogens with one attached hydrogen (secondary N) is 1. The molecule has 0 aliphatic heterocycles. The highest BCUT2D eigenvalue weighted by atomic mass is 79.9. The topological polar surface area (TPSA) is 41.5 Å². The molecule has 2 aromatic carbocycles. The second-order valence-electron chi connectivity index (χ2n) is 4.27. The van der Waals surface area contributed by atoms with Gasteiger partial charge >= 0.3 is 0 Å². The fraction of sp³-hybridized carbons (Fsp3) is 0.200. The van der Waals surface area contributed by atoms with Crippen LogP contribution in [0.5, 0.6) is 5.75 Å². The predicted molar refractivity (Wildman–Crippen MR) is 85.6 cm³/mol. The molecule has 0 aliphatic rings. The summed E-state index contributed by atoms with van der Waals surface area (Å²) in [6, 6.07) is 12.8. The second-order valence-corrected chi connectivity index (χ2v) is 5.60. The van der Waals surface area contributed by atoms with Crippen molar-refractivity contribution in [3.63, 3.8) is 0 Å². The van der Waals surface area contributed by atoms with Crippen LogP contribution in [-0.2, 0) is 0 Å². The Labute approximate surface area is 131 Å². The maximum atomic E-state index is 9.60. The Bertz CT molecular complexity index is 575. The van der Waals surface area contributed by atoms with Gasteiger partial charge < -0.3 is 15.2 Å². The van der Waals surface area contributed by atoms with Crippen LogP contribution >= 0.6 is 27.5 Å². The molecule has 2 rings (SSSR count). The number of aliphatic hydroxyl groups excluding tert-OH is 1. The maximum Gasteiger partial charge on any atom is 0.119 e. The van der Waals surface area contributed by atoms with Crippen LogP contribution in [-0.4, -0.2) is 18.8 Å². The molecule has 1 atom stereocenters. The van der Waals surface area contributed by atoms with E-state index in [2.05, 4.69) is 21.2 Å². The summed E-state index contributed by atoms with van der Waals surface area (Å²) in [5, 5.41) is 13.5. The van der Waals surface area contributed by atoms with Crippen molar-refractivity contribution < 1.29 is 9.84 Å². The van der Waals surface area contributed by atoms with Gasteiger partial charge in [0.2, 0.25) is 0 Å². The minimum atomic E-state index is -0.270. The Balaban J connectivity index is 2.21. The number of ether oxygens (including phenoxy) is 1. The number of methoxy groups -OCH3 is 1. The Hall–Kier alpha value is -1.23. The molecule has 5 heteroatoms. The van der Waals surface area contributed by atoms with Gasteiger partial charge in [0.25, 0.3) is 0 Å². The number of aliphatic hydroxyl groups is 1. The van der Waals surface area contributed by atoms with Crippen molar-refractivity contribution in [2.75, 3.05) is 19.0 Å². The average molecular weight is 357 g/mol. The molecule has 0 fully saturated rings. The van der Waals surface area contributed by atoms with E-state index in [1.807, 2.05) is 36.4 Å². The van der Waals surface area contributed by atoms with Gasteiger partial charge in [-0.2, -0.15) is 0 Å². The van der Waals surface area contributed by atoms with Gasteiger partial charge in [0, 0.05) is 15.2 Å². The first-order valence-electron chi connectivity index (χ1n) is 6.10. The summed E-state index contributed by atoms with van der Waals surface area (Å²) in [7, 11) is 1.63. The summed E-state index contributed by atoms with van der Waals surface area (Å²) < 4.78 is 6.04. The first-order valence-corrected chi connectivity index (χ1v) is 7.27. The maximum absolute atomic E-state index is 9.60. The lowest BCUT2D eigenvalue weighted by molar-refractivity contribution is 0.276. The van der Waals surface area contributed by atoms with Crippen LogP contribution in [0.4, 0.5) is 5.69 Å². The third kappa shape index (κ3) is 3.66. The molecule has 0 aromatic heterocycles. The van der Waals surface area contributed by atoms with Gasteiger partial charge in [-0.05, 0) is 48.0 Å². The van der Waals surface area contributed by atoms with Crippen molar-refractivity contribution >= 4 is 33.2 Å². The molecule has 0 radical (unpaired) electrons. The highest BCUT2D eigenvalue weighted by Crippen LogP contribution is 2.29. The van der Waals surface area contributed by atoms with Crippen molar-refractivity contribution in [3.05, 3.63) is 57.5 Å². The standard InChI is InChI=1S/C15H15BrClNO2/c1-20-12-5-3-11(4-6-12)18-15(9-19)13-8-10(16)2-7-14(13)17/h2-8,15,18-19H,9H2,1H3. The lowest BCUT2D eigenvalue weighted by atomic mass is 10.1. The molecule has 0 amide bonds. The zero-order valence-corrected chi connectivity index (χ0v) is 13.3. The first kappa shape index (κ1) is 15.2. The fourth-order valence-corrected chi connectivity index (χ4v) is 2.52. The fourth-order valence-electron chi connectivity index (χ4n) is 1.89. The Morgan fingerprint density at radius 3 is 2.55 bits per heavy atom. The highest BCUT2D eigenvalue weighted by molar-refractivity contribution is 9.10. The summed E-state index contributed by atoms with van der Waals surface area (Å²) >= 11 is 9.61. The van der Waals surface area contributed by atoms with Crippen molar-refractivity contribution in [3.8, 4) is 5.75 Å². The largest absolute Gasteiger partial charge is 0.497 e. The molecule has 106 valence electrons. The van der Waals surface area contributed by atoms with Gasteiger partial charge in [-0.3, -0.25) is 0 Å². The molecule has 20 heavy (non-hydrogen) atoms.